The van der Waals surface area contributed by atoms with Crippen molar-refractivity contribution in [3.63, 3.8) is 0 Å². The van der Waals surface area contributed by atoms with Crippen LogP contribution in [0.3, 0.4) is 0 Å². The van der Waals surface area contributed by atoms with E-state index in [2.05, 4.69) is 15.3 Å². The van der Waals surface area contributed by atoms with Crippen LogP contribution in [0.25, 0.3) is 11.0 Å². The predicted octanol–water partition coefficient (Wildman–Crippen LogP) is 6.04. The Kier molecular flexibility index (Phi) is 7.90. The summed E-state index contributed by atoms with van der Waals surface area (Å²) in [5.74, 6) is -3.46. The van der Waals surface area contributed by atoms with Crippen LogP contribution in [0.2, 0.25) is 0 Å². The SMILES string of the molecule is COc1ccc2nc3c(nc2c1)O[C@H]1CN(C(=O)[C@H](C(C)(C)C)NC(=O)O[C@@H]2CC4CC4[C@H]2CCCC2(CC2)C3(F)F)[C@H](C(C)=O)[C@@H]1C. The molecule has 48 heavy (non-hydrogen) atoms. The average Bonchev–Trinajstić information content (AvgIpc) is 3.92. The van der Waals surface area contributed by atoms with Crippen LogP contribution in [-0.4, -0.2) is 70.6 Å². The van der Waals surface area contributed by atoms with E-state index in [1.807, 2.05) is 20.8 Å². The van der Waals surface area contributed by atoms with E-state index in [-0.39, 0.29) is 30.2 Å². The lowest BCUT2D eigenvalue weighted by Crippen LogP contribution is -2.57. The minimum Gasteiger partial charge on any atom is -0.497 e. The third-order valence-corrected chi connectivity index (χ3v) is 11.8. The van der Waals surface area contributed by atoms with Crippen LogP contribution in [0.4, 0.5) is 13.6 Å². The van der Waals surface area contributed by atoms with E-state index in [0.717, 1.165) is 12.8 Å². The summed E-state index contributed by atoms with van der Waals surface area (Å²) in [6, 6.07) is 2.99. The Morgan fingerprint density at radius 3 is 2.46 bits per heavy atom. The number of hydrogen-bond acceptors (Lipinski definition) is 8. The Morgan fingerprint density at radius 2 is 1.79 bits per heavy atom. The minimum atomic E-state index is -3.35. The molecule has 1 N–H and O–H groups in total. The number of alkyl carbamates (subject to hydrolysis) is 1. The minimum absolute atomic E-state index is 0.0599. The predicted molar refractivity (Wildman–Crippen MR) is 172 cm³/mol. The molecule has 8 atom stereocenters. The fraction of sp³-hybridized carbons (Fsp3) is 0.694. The van der Waals surface area contributed by atoms with Crippen molar-refractivity contribution in [2.75, 3.05) is 13.7 Å². The van der Waals surface area contributed by atoms with E-state index >= 15 is 8.78 Å². The third kappa shape index (κ3) is 5.56. The Labute approximate surface area is 279 Å². The zero-order chi connectivity index (χ0) is 34.3. The van der Waals surface area contributed by atoms with Crippen LogP contribution in [0.15, 0.2) is 18.2 Å². The smallest absolute Gasteiger partial charge is 0.408 e. The van der Waals surface area contributed by atoms with Crippen LogP contribution < -0.4 is 14.8 Å². The fourth-order valence-electron chi connectivity index (χ4n) is 8.75. The maximum atomic E-state index is 16.9. The average molecular weight is 669 g/mol. The molecule has 2 aromatic rings. The molecule has 3 heterocycles. The number of aromatic nitrogens is 2. The van der Waals surface area contributed by atoms with Crippen LogP contribution >= 0.6 is 0 Å². The van der Waals surface area contributed by atoms with Gasteiger partial charge in [-0.2, -0.15) is 8.78 Å². The number of benzene rings is 1. The Morgan fingerprint density at radius 1 is 1.04 bits per heavy atom. The number of amides is 2. The molecule has 0 radical (unpaired) electrons. The first-order valence-corrected chi connectivity index (χ1v) is 17.3. The zero-order valence-corrected chi connectivity index (χ0v) is 28.6. The highest BCUT2D eigenvalue weighted by Crippen LogP contribution is 2.65. The number of carbonyl (C=O) groups excluding carboxylic acids is 3. The van der Waals surface area contributed by atoms with Gasteiger partial charge in [0.1, 0.15) is 24.0 Å². The molecule has 2 unspecified atom stereocenters. The van der Waals surface area contributed by atoms with Crippen molar-refractivity contribution >= 4 is 28.8 Å². The van der Waals surface area contributed by atoms with Gasteiger partial charge >= 0.3 is 12.0 Å². The van der Waals surface area contributed by atoms with Gasteiger partial charge in [0.05, 0.1) is 30.7 Å². The van der Waals surface area contributed by atoms with Crippen LogP contribution in [0, 0.1) is 34.5 Å². The molecule has 7 rings (SSSR count). The molecule has 1 aromatic carbocycles. The zero-order valence-electron chi connectivity index (χ0n) is 28.6. The molecule has 3 aliphatic carbocycles. The quantitative estimate of drug-likeness (QED) is 0.411. The fourth-order valence-corrected chi connectivity index (χ4v) is 8.75. The number of fused-ring (bicyclic) bond motifs is 7. The molecule has 3 saturated carbocycles. The van der Waals surface area contributed by atoms with E-state index in [0.29, 0.717) is 60.7 Å². The molecule has 2 bridgehead atoms. The molecule has 4 fully saturated rings. The van der Waals surface area contributed by atoms with Crippen molar-refractivity contribution in [3.05, 3.63) is 23.9 Å². The summed E-state index contributed by atoms with van der Waals surface area (Å²) >= 11 is 0. The van der Waals surface area contributed by atoms with Crippen molar-refractivity contribution in [2.24, 2.45) is 34.5 Å². The summed E-state index contributed by atoms with van der Waals surface area (Å²) in [4.78, 5) is 51.3. The molecule has 12 heteroatoms. The number of carbonyl (C=O) groups is 3. The van der Waals surface area contributed by atoms with Crippen molar-refractivity contribution in [1.29, 1.82) is 0 Å². The molecule has 5 aliphatic rings. The largest absolute Gasteiger partial charge is 0.497 e. The number of hydrogen-bond donors (Lipinski definition) is 1. The van der Waals surface area contributed by atoms with Crippen LogP contribution in [0.5, 0.6) is 11.6 Å². The van der Waals surface area contributed by atoms with E-state index in [4.69, 9.17) is 14.2 Å². The summed E-state index contributed by atoms with van der Waals surface area (Å²) in [5, 5.41) is 2.85. The lowest BCUT2D eigenvalue weighted by atomic mass is 9.85. The normalized spacial score (nSPS) is 34.1. The maximum absolute atomic E-state index is 16.9. The van der Waals surface area contributed by atoms with Gasteiger partial charge in [-0.15, -0.1) is 0 Å². The summed E-state index contributed by atoms with van der Waals surface area (Å²) in [6.45, 7) is 8.63. The van der Waals surface area contributed by atoms with Crippen LogP contribution in [-0.2, 0) is 20.2 Å². The molecular formula is C36H46F2N4O6. The van der Waals surface area contributed by atoms with Crippen molar-refractivity contribution in [1.82, 2.24) is 20.2 Å². The second-order valence-electron chi connectivity index (χ2n) is 16.0. The highest BCUT2D eigenvalue weighted by molar-refractivity contribution is 5.92. The lowest BCUT2D eigenvalue weighted by Gasteiger charge is -2.35. The molecule has 10 nitrogen and oxygen atoms in total. The lowest BCUT2D eigenvalue weighted by molar-refractivity contribution is -0.141. The Hall–Kier alpha value is -3.57. The summed E-state index contributed by atoms with van der Waals surface area (Å²) in [7, 11) is 1.51. The van der Waals surface area contributed by atoms with Crippen molar-refractivity contribution < 1.29 is 37.4 Å². The number of alkyl halides is 2. The van der Waals surface area contributed by atoms with Gasteiger partial charge in [-0.3, -0.25) is 9.59 Å². The van der Waals surface area contributed by atoms with Crippen molar-refractivity contribution in [2.45, 2.75) is 110 Å². The standard InChI is InChI=1S/C36H46F2N4O6/c1-18-27-17-42(28(18)19(2)43)32(44)30(34(3,4)5)41-33(45)48-26-15-20-14-23(20)22(26)8-7-11-35(12-13-35)36(37,38)29-31(47-27)40-25-16-21(46-6)9-10-24(25)39-29/h9-10,16,18,20,22-23,26-28,30H,7-8,11-15,17H2,1-6H3,(H,41,45)/t18-,20?,22-,23?,26-,27+,28+,30-/m1/s1. The first-order chi connectivity index (χ1) is 22.6. The number of nitrogens with one attached hydrogen (secondary N) is 1. The van der Waals surface area contributed by atoms with Gasteiger partial charge in [-0.1, -0.05) is 34.1 Å². The Balaban J connectivity index is 1.32. The molecule has 2 aliphatic heterocycles. The number of ether oxygens (including phenoxy) is 3. The molecule has 1 saturated heterocycles. The number of rotatable bonds is 2. The molecule has 1 spiro atoms. The highest BCUT2D eigenvalue weighted by Gasteiger charge is 2.65. The summed E-state index contributed by atoms with van der Waals surface area (Å²) in [5.41, 5.74) is -1.90. The van der Waals surface area contributed by atoms with Gasteiger partial charge in [0, 0.05) is 17.4 Å². The summed E-state index contributed by atoms with van der Waals surface area (Å²) < 4.78 is 51.6. The summed E-state index contributed by atoms with van der Waals surface area (Å²) in [6.07, 6.45) is 2.21. The number of nitrogens with zero attached hydrogens (tertiary/aromatic N) is 3. The molecular weight excluding hydrogens is 622 g/mol. The van der Waals surface area contributed by atoms with Crippen LogP contribution in [0.1, 0.15) is 85.3 Å². The van der Waals surface area contributed by atoms with E-state index < -0.39 is 58.6 Å². The van der Waals surface area contributed by atoms with Gasteiger partial charge in [0.15, 0.2) is 11.5 Å². The third-order valence-electron chi connectivity index (χ3n) is 11.8. The topological polar surface area (TPSA) is 120 Å². The number of methoxy groups -OCH3 is 1. The van der Waals surface area contributed by atoms with Gasteiger partial charge in [0.25, 0.3) is 0 Å². The second kappa shape index (κ2) is 11.5. The first kappa shape index (κ1) is 33.0. The first-order valence-electron chi connectivity index (χ1n) is 17.3. The highest BCUT2D eigenvalue weighted by atomic mass is 19.3. The Bertz CT molecular complexity index is 1640. The number of Topliss-reactive ketones (excluding diaryl/α,β-unsaturated/α-hetero) is 1. The molecule has 1 aromatic heterocycles. The van der Waals surface area contributed by atoms with Gasteiger partial charge in [0.2, 0.25) is 11.8 Å². The monoisotopic (exact) mass is 668 g/mol. The van der Waals surface area contributed by atoms with Gasteiger partial charge in [-0.25, -0.2) is 14.8 Å². The van der Waals surface area contributed by atoms with Gasteiger partial charge in [-0.05, 0) is 80.8 Å². The van der Waals surface area contributed by atoms with E-state index in [9.17, 15) is 14.4 Å². The van der Waals surface area contributed by atoms with Crippen molar-refractivity contribution in [3.8, 4) is 11.6 Å². The number of halogens is 2. The molecule has 260 valence electrons. The number of ketones is 1. The van der Waals surface area contributed by atoms with E-state index in [1.165, 1.54) is 18.9 Å². The van der Waals surface area contributed by atoms with Gasteiger partial charge < -0.3 is 24.4 Å². The van der Waals surface area contributed by atoms with E-state index in [1.54, 1.807) is 25.1 Å². The second-order valence-corrected chi connectivity index (χ2v) is 16.0. The molecule has 2 amide bonds. The maximum Gasteiger partial charge on any atom is 0.408 e.